The molecule has 0 fully saturated rings. The number of ketones is 1. The van der Waals surface area contributed by atoms with Gasteiger partial charge in [0.05, 0.1) is 0 Å². The van der Waals surface area contributed by atoms with Crippen LogP contribution in [-0.2, 0) is 0 Å². The predicted octanol–water partition coefficient (Wildman–Crippen LogP) is 4.83. The van der Waals surface area contributed by atoms with E-state index in [0.717, 1.165) is 40.4 Å². The zero-order valence-electron chi connectivity index (χ0n) is 10.1. The third-order valence-electron chi connectivity index (χ3n) is 3.25. The molecule has 0 aliphatic heterocycles. The van der Waals surface area contributed by atoms with Gasteiger partial charge in [-0.05, 0) is 61.9 Å². The molecule has 1 aromatic carbocycles. The van der Waals surface area contributed by atoms with Crippen LogP contribution in [0.5, 0.6) is 0 Å². The molecule has 1 nitrogen and oxygen atoms in total. The number of Topliss-reactive ketones (excluding diaryl/α,β-unsaturated/α-hetero) is 1. The van der Waals surface area contributed by atoms with Crippen molar-refractivity contribution in [2.75, 3.05) is 0 Å². The second-order valence-corrected chi connectivity index (χ2v) is 5.48. The van der Waals surface area contributed by atoms with Gasteiger partial charge in [0, 0.05) is 10.0 Å². The highest BCUT2D eigenvalue weighted by molar-refractivity contribution is 9.10. The van der Waals surface area contributed by atoms with Crippen LogP contribution in [0, 0.1) is 6.92 Å². The Morgan fingerprint density at radius 2 is 2.06 bits per heavy atom. The van der Waals surface area contributed by atoms with Crippen LogP contribution in [0.15, 0.2) is 34.3 Å². The molecule has 0 unspecified atom stereocenters. The minimum atomic E-state index is 0.211. The smallest absolute Gasteiger partial charge is 0.188 e. The Bertz CT molecular complexity index is 460. The van der Waals surface area contributed by atoms with Crippen molar-refractivity contribution < 1.29 is 4.79 Å². The molecule has 0 aromatic heterocycles. The van der Waals surface area contributed by atoms with Gasteiger partial charge >= 0.3 is 0 Å². The summed E-state index contributed by atoms with van der Waals surface area (Å²) in [7, 11) is 0. The molecule has 90 valence electrons. The number of hydrogen-bond donors (Lipinski definition) is 0. The lowest BCUT2D eigenvalue weighted by molar-refractivity contribution is 0.103. The SMILES string of the molecule is Cc1cc(C(=O)C2=CCCCCC2)ccc1Br. The second kappa shape index (κ2) is 5.63. The molecule has 17 heavy (non-hydrogen) atoms. The molecule has 0 saturated carbocycles. The van der Waals surface area contributed by atoms with Gasteiger partial charge in [0.1, 0.15) is 0 Å². The standard InChI is InChI=1S/C15H17BrO/c1-11-10-13(8-9-14(11)16)15(17)12-6-4-2-3-5-7-12/h6,8-10H,2-5,7H2,1H3. The molecule has 0 N–H and O–H groups in total. The highest BCUT2D eigenvalue weighted by Crippen LogP contribution is 2.23. The Morgan fingerprint density at radius 3 is 2.82 bits per heavy atom. The van der Waals surface area contributed by atoms with Crippen molar-refractivity contribution in [2.45, 2.75) is 39.0 Å². The normalized spacial score (nSPS) is 16.2. The van der Waals surface area contributed by atoms with E-state index >= 15 is 0 Å². The molecule has 1 aromatic rings. The molecular formula is C15H17BrO. The van der Waals surface area contributed by atoms with E-state index in [1.807, 2.05) is 25.1 Å². The van der Waals surface area contributed by atoms with Crippen molar-refractivity contribution >= 4 is 21.7 Å². The Balaban J connectivity index is 2.23. The maximum atomic E-state index is 12.3. The topological polar surface area (TPSA) is 17.1 Å². The molecule has 0 radical (unpaired) electrons. The van der Waals surface area contributed by atoms with E-state index in [-0.39, 0.29) is 5.78 Å². The van der Waals surface area contributed by atoms with Crippen LogP contribution in [0.4, 0.5) is 0 Å². The van der Waals surface area contributed by atoms with Gasteiger partial charge < -0.3 is 0 Å². The van der Waals surface area contributed by atoms with Crippen LogP contribution in [0.2, 0.25) is 0 Å². The largest absolute Gasteiger partial charge is 0.289 e. The summed E-state index contributed by atoms with van der Waals surface area (Å²) in [6.07, 6.45) is 7.73. The summed E-state index contributed by atoms with van der Waals surface area (Å²) >= 11 is 3.46. The molecule has 2 heteroatoms. The minimum absolute atomic E-state index is 0.211. The summed E-state index contributed by atoms with van der Waals surface area (Å²) in [5, 5.41) is 0. The molecule has 1 aliphatic carbocycles. The Morgan fingerprint density at radius 1 is 1.24 bits per heavy atom. The fraction of sp³-hybridized carbons (Fsp3) is 0.400. The van der Waals surface area contributed by atoms with E-state index in [2.05, 4.69) is 22.0 Å². The zero-order valence-corrected chi connectivity index (χ0v) is 11.7. The van der Waals surface area contributed by atoms with Crippen molar-refractivity contribution in [3.8, 4) is 0 Å². The van der Waals surface area contributed by atoms with E-state index < -0.39 is 0 Å². The number of benzene rings is 1. The van der Waals surface area contributed by atoms with Crippen LogP contribution < -0.4 is 0 Å². The van der Waals surface area contributed by atoms with Crippen molar-refractivity contribution in [3.63, 3.8) is 0 Å². The summed E-state index contributed by atoms with van der Waals surface area (Å²) in [6.45, 7) is 2.02. The van der Waals surface area contributed by atoms with Crippen LogP contribution in [-0.4, -0.2) is 5.78 Å². The second-order valence-electron chi connectivity index (χ2n) is 4.62. The van der Waals surface area contributed by atoms with Crippen molar-refractivity contribution in [2.24, 2.45) is 0 Å². The van der Waals surface area contributed by atoms with Crippen LogP contribution >= 0.6 is 15.9 Å². The predicted molar refractivity (Wildman–Crippen MR) is 74.4 cm³/mol. The highest BCUT2D eigenvalue weighted by atomic mass is 79.9. The summed E-state index contributed by atoms with van der Waals surface area (Å²) < 4.78 is 1.06. The summed E-state index contributed by atoms with van der Waals surface area (Å²) in [5.74, 6) is 0.211. The first-order chi connectivity index (χ1) is 8.18. The van der Waals surface area contributed by atoms with Gasteiger partial charge in [-0.25, -0.2) is 0 Å². The first-order valence-corrected chi connectivity index (χ1v) is 6.97. The first-order valence-electron chi connectivity index (χ1n) is 6.18. The Labute approximate surface area is 111 Å². The Hall–Kier alpha value is -0.890. The number of carbonyl (C=O) groups excluding carboxylic acids is 1. The maximum absolute atomic E-state index is 12.3. The first kappa shape index (κ1) is 12.6. The van der Waals surface area contributed by atoms with Gasteiger partial charge in [-0.2, -0.15) is 0 Å². The fourth-order valence-electron chi connectivity index (χ4n) is 2.19. The number of halogens is 1. The average molecular weight is 293 g/mol. The van der Waals surface area contributed by atoms with E-state index in [0.29, 0.717) is 0 Å². The molecule has 0 atom stereocenters. The molecule has 2 rings (SSSR count). The molecular weight excluding hydrogens is 276 g/mol. The highest BCUT2D eigenvalue weighted by Gasteiger charge is 2.14. The molecule has 0 heterocycles. The van der Waals surface area contributed by atoms with E-state index in [1.54, 1.807) is 0 Å². The monoisotopic (exact) mass is 292 g/mol. The summed E-state index contributed by atoms with van der Waals surface area (Å²) in [6, 6.07) is 5.84. The third-order valence-corrected chi connectivity index (χ3v) is 4.14. The molecule has 0 bridgehead atoms. The van der Waals surface area contributed by atoms with Crippen molar-refractivity contribution in [3.05, 3.63) is 45.4 Å². The van der Waals surface area contributed by atoms with E-state index in [9.17, 15) is 4.79 Å². The van der Waals surface area contributed by atoms with Crippen LogP contribution in [0.3, 0.4) is 0 Å². The van der Waals surface area contributed by atoms with Gasteiger partial charge in [0.2, 0.25) is 0 Å². The number of allylic oxidation sites excluding steroid dienone is 2. The van der Waals surface area contributed by atoms with Gasteiger partial charge in [-0.3, -0.25) is 4.79 Å². The summed E-state index contributed by atoms with van der Waals surface area (Å²) in [4.78, 5) is 12.3. The lowest BCUT2D eigenvalue weighted by Gasteiger charge is -2.06. The van der Waals surface area contributed by atoms with Gasteiger partial charge in [-0.1, -0.05) is 28.4 Å². The molecule has 1 aliphatic rings. The quantitative estimate of drug-likeness (QED) is 0.714. The number of carbonyl (C=O) groups is 1. The van der Waals surface area contributed by atoms with Crippen LogP contribution in [0.1, 0.15) is 48.0 Å². The lowest BCUT2D eigenvalue weighted by atomic mass is 9.98. The third kappa shape index (κ3) is 3.06. The van der Waals surface area contributed by atoms with Crippen molar-refractivity contribution in [1.82, 2.24) is 0 Å². The fourth-order valence-corrected chi connectivity index (χ4v) is 2.44. The van der Waals surface area contributed by atoms with E-state index in [1.165, 1.54) is 12.8 Å². The number of rotatable bonds is 2. The molecule has 0 saturated heterocycles. The van der Waals surface area contributed by atoms with E-state index in [4.69, 9.17) is 0 Å². The van der Waals surface area contributed by atoms with Gasteiger partial charge in [0.15, 0.2) is 5.78 Å². The minimum Gasteiger partial charge on any atom is -0.289 e. The molecule has 0 amide bonds. The van der Waals surface area contributed by atoms with Gasteiger partial charge in [-0.15, -0.1) is 0 Å². The summed E-state index contributed by atoms with van der Waals surface area (Å²) in [5.41, 5.74) is 2.94. The zero-order chi connectivity index (χ0) is 12.3. The van der Waals surface area contributed by atoms with Crippen LogP contribution in [0.25, 0.3) is 0 Å². The van der Waals surface area contributed by atoms with Gasteiger partial charge in [0.25, 0.3) is 0 Å². The average Bonchev–Trinajstić information content (AvgIpc) is 2.60. The lowest BCUT2D eigenvalue weighted by Crippen LogP contribution is -2.03. The van der Waals surface area contributed by atoms with Crippen molar-refractivity contribution in [1.29, 1.82) is 0 Å². The maximum Gasteiger partial charge on any atom is 0.188 e. The number of hydrogen-bond acceptors (Lipinski definition) is 1. The molecule has 0 spiro atoms. The Kier molecular flexibility index (Phi) is 4.16. The number of aryl methyl sites for hydroxylation is 1.